The molecular weight excluding hydrogens is 314 g/mol. The number of nitrogens with one attached hydrogen (secondary N) is 1. The van der Waals surface area contributed by atoms with Crippen LogP contribution in [0.2, 0.25) is 0 Å². The van der Waals surface area contributed by atoms with E-state index in [0.29, 0.717) is 6.04 Å². The minimum Gasteiger partial charge on any atom is -0.459 e. The van der Waals surface area contributed by atoms with E-state index in [9.17, 15) is 0 Å². The molecule has 0 spiro atoms. The molecule has 0 saturated heterocycles. The highest BCUT2D eigenvalue weighted by molar-refractivity contribution is 9.10. The molecule has 1 atom stereocenters. The van der Waals surface area contributed by atoms with Crippen molar-refractivity contribution in [3.63, 3.8) is 0 Å². The molecule has 0 radical (unpaired) electrons. The first-order chi connectivity index (χ1) is 9.67. The van der Waals surface area contributed by atoms with Crippen LogP contribution in [0.25, 0.3) is 11.3 Å². The lowest BCUT2D eigenvalue weighted by Crippen LogP contribution is -2.20. The van der Waals surface area contributed by atoms with Crippen molar-refractivity contribution < 1.29 is 4.42 Å². The molecule has 0 saturated carbocycles. The molecule has 2 rings (SSSR count). The van der Waals surface area contributed by atoms with Crippen molar-refractivity contribution in [2.45, 2.75) is 39.7 Å². The Kier molecular flexibility index (Phi) is 5.44. The molecule has 3 heteroatoms. The first kappa shape index (κ1) is 15.3. The van der Waals surface area contributed by atoms with Crippen molar-refractivity contribution >= 4 is 15.9 Å². The van der Waals surface area contributed by atoms with Crippen LogP contribution < -0.4 is 5.32 Å². The van der Waals surface area contributed by atoms with Crippen LogP contribution in [-0.4, -0.2) is 6.54 Å². The number of benzene rings is 1. The van der Waals surface area contributed by atoms with E-state index >= 15 is 0 Å². The molecule has 0 aliphatic heterocycles. The van der Waals surface area contributed by atoms with E-state index in [2.05, 4.69) is 72.3 Å². The Labute approximate surface area is 129 Å². The Bertz CT molecular complexity index is 562. The molecule has 108 valence electrons. The Hall–Kier alpha value is -1.06. The van der Waals surface area contributed by atoms with Crippen molar-refractivity contribution in [1.29, 1.82) is 0 Å². The maximum absolute atomic E-state index is 6.06. The van der Waals surface area contributed by atoms with Gasteiger partial charge in [0.05, 0.1) is 6.04 Å². The smallest absolute Gasteiger partial charge is 0.135 e. The summed E-state index contributed by atoms with van der Waals surface area (Å²) in [6.07, 6.45) is 2.16. The number of hydrogen-bond donors (Lipinski definition) is 1. The lowest BCUT2D eigenvalue weighted by Gasteiger charge is -2.13. The Morgan fingerprint density at radius 1 is 1.20 bits per heavy atom. The average Bonchev–Trinajstić information content (AvgIpc) is 2.92. The summed E-state index contributed by atoms with van der Waals surface area (Å²) in [7, 11) is 0. The lowest BCUT2D eigenvalue weighted by atomic mass is 10.1. The number of rotatable bonds is 6. The third-order valence-electron chi connectivity index (χ3n) is 3.48. The van der Waals surface area contributed by atoms with Crippen LogP contribution in [0.3, 0.4) is 0 Å². The van der Waals surface area contributed by atoms with Crippen LogP contribution >= 0.6 is 15.9 Å². The summed E-state index contributed by atoms with van der Waals surface area (Å²) in [5, 5.41) is 3.52. The van der Waals surface area contributed by atoms with E-state index in [1.54, 1.807) is 0 Å². The van der Waals surface area contributed by atoms with Crippen LogP contribution in [-0.2, 0) is 0 Å². The number of furan rings is 1. The fraction of sp³-hybridized carbons (Fsp3) is 0.412. The lowest BCUT2D eigenvalue weighted by molar-refractivity contribution is 0.411. The zero-order valence-electron chi connectivity index (χ0n) is 12.4. The summed E-state index contributed by atoms with van der Waals surface area (Å²) in [5.74, 6) is 1.94. The molecule has 2 nitrogen and oxygen atoms in total. The molecule has 0 bridgehead atoms. The zero-order valence-corrected chi connectivity index (χ0v) is 14.0. The van der Waals surface area contributed by atoms with Gasteiger partial charge in [-0.3, -0.25) is 0 Å². The SMILES string of the molecule is CCCNC(CC)c1ccc(-c2cccc(C)c2Br)o1. The Morgan fingerprint density at radius 2 is 2.00 bits per heavy atom. The van der Waals surface area contributed by atoms with E-state index < -0.39 is 0 Å². The average molecular weight is 336 g/mol. The van der Waals surface area contributed by atoms with Gasteiger partial charge in [0, 0.05) is 10.0 Å². The van der Waals surface area contributed by atoms with Gasteiger partial charge in [0.15, 0.2) is 0 Å². The topological polar surface area (TPSA) is 25.2 Å². The van der Waals surface area contributed by atoms with Gasteiger partial charge in [-0.25, -0.2) is 0 Å². The molecular formula is C17H22BrNO. The third-order valence-corrected chi connectivity index (χ3v) is 4.53. The van der Waals surface area contributed by atoms with Gasteiger partial charge >= 0.3 is 0 Å². The van der Waals surface area contributed by atoms with E-state index in [4.69, 9.17) is 4.42 Å². The molecule has 2 aromatic rings. The molecule has 1 aromatic heterocycles. The molecule has 0 aliphatic rings. The van der Waals surface area contributed by atoms with E-state index in [1.165, 1.54) is 5.56 Å². The number of aryl methyl sites for hydroxylation is 1. The minimum absolute atomic E-state index is 0.298. The monoisotopic (exact) mass is 335 g/mol. The molecule has 20 heavy (non-hydrogen) atoms. The summed E-state index contributed by atoms with van der Waals surface area (Å²) in [6, 6.07) is 10.7. The summed E-state index contributed by atoms with van der Waals surface area (Å²) < 4.78 is 7.17. The molecule has 0 amide bonds. The predicted octanol–water partition coefficient (Wildman–Crippen LogP) is 5.47. The molecule has 0 aliphatic carbocycles. The van der Waals surface area contributed by atoms with Gasteiger partial charge in [0.1, 0.15) is 11.5 Å². The first-order valence-electron chi connectivity index (χ1n) is 7.26. The highest BCUT2D eigenvalue weighted by Crippen LogP contribution is 2.33. The number of halogens is 1. The van der Waals surface area contributed by atoms with Gasteiger partial charge in [-0.1, -0.05) is 32.0 Å². The summed E-state index contributed by atoms with van der Waals surface area (Å²) >= 11 is 3.65. The van der Waals surface area contributed by atoms with Gasteiger partial charge in [0.2, 0.25) is 0 Å². The largest absolute Gasteiger partial charge is 0.459 e. The molecule has 1 heterocycles. The molecule has 1 unspecified atom stereocenters. The molecule has 1 N–H and O–H groups in total. The highest BCUT2D eigenvalue weighted by atomic mass is 79.9. The van der Waals surface area contributed by atoms with Gasteiger partial charge in [0.25, 0.3) is 0 Å². The fourth-order valence-corrected chi connectivity index (χ4v) is 2.75. The quantitative estimate of drug-likeness (QED) is 0.757. The van der Waals surface area contributed by atoms with Crippen LogP contribution in [0, 0.1) is 6.92 Å². The normalized spacial score (nSPS) is 12.6. The Morgan fingerprint density at radius 3 is 2.70 bits per heavy atom. The van der Waals surface area contributed by atoms with Gasteiger partial charge in [-0.2, -0.15) is 0 Å². The van der Waals surface area contributed by atoms with Crippen molar-refractivity contribution in [3.05, 3.63) is 46.1 Å². The van der Waals surface area contributed by atoms with Gasteiger partial charge in [-0.05, 0) is 59.9 Å². The Balaban J connectivity index is 2.26. The maximum atomic E-state index is 6.06. The second kappa shape index (κ2) is 7.09. The van der Waals surface area contributed by atoms with Crippen LogP contribution in [0.5, 0.6) is 0 Å². The fourth-order valence-electron chi connectivity index (χ4n) is 2.29. The van der Waals surface area contributed by atoms with Crippen LogP contribution in [0.4, 0.5) is 0 Å². The molecule has 0 fully saturated rings. The van der Waals surface area contributed by atoms with E-state index in [1.807, 2.05) is 0 Å². The first-order valence-corrected chi connectivity index (χ1v) is 8.05. The zero-order chi connectivity index (χ0) is 14.5. The summed E-state index contributed by atoms with van der Waals surface area (Å²) in [6.45, 7) is 7.47. The van der Waals surface area contributed by atoms with E-state index in [0.717, 1.165) is 40.9 Å². The second-order valence-corrected chi connectivity index (χ2v) is 5.85. The van der Waals surface area contributed by atoms with Crippen molar-refractivity contribution in [2.75, 3.05) is 6.54 Å². The predicted molar refractivity (Wildman–Crippen MR) is 87.9 cm³/mol. The van der Waals surface area contributed by atoms with Crippen LogP contribution in [0.1, 0.15) is 44.1 Å². The van der Waals surface area contributed by atoms with Crippen molar-refractivity contribution in [1.82, 2.24) is 5.32 Å². The highest BCUT2D eigenvalue weighted by Gasteiger charge is 2.15. The van der Waals surface area contributed by atoms with E-state index in [-0.39, 0.29) is 0 Å². The van der Waals surface area contributed by atoms with Crippen molar-refractivity contribution in [3.8, 4) is 11.3 Å². The number of hydrogen-bond acceptors (Lipinski definition) is 2. The maximum Gasteiger partial charge on any atom is 0.135 e. The standard InChI is InChI=1S/C17H22BrNO/c1-4-11-19-14(5-2)16-10-9-15(20-16)13-8-6-7-12(3)17(13)18/h6-10,14,19H,4-5,11H2,1-3H3. The summed E-state index contributed by atoms with van der Waals surface area (Å²) in [4.78, 5) is 0. The van der Waals surface area contributed by atoms with Crippen LogP contribution in [0.15, 0.2) is 39.2 Å². The summed E-state index contributed by atoms with van der Waals surface area (Å²) in [5.41, 5.74) is 2.33. The molecule has 1 aromatic carbocycles. The third kappa shape index (κ3) is 3.33. The minimum atomic E-state index is 0.298. The second-order valence-electron chi connectivity index (χ2n) is 5.05. The van der Waals surface area contributed by atoms with Crippen molar-refractivity contribution in [2.24, 2.45) is 0 Å². The van der Waals surface area contributed by atoms with Gasteiger partial charge < -0.3 is 9.73 Å². The van der Waals surface area contributed by atoms with Gasteiger partial charge in [-0.15, -0.1) is 0 Å².